The average molecular weight is 434 g/mol. The first-order valence-electron chi connectivity index (χ1n) is 10.0. The first-order valence-corrected chi connectivity index (χ1v) is 10.0. The fourth-order valence-electron chi connectivity index (χ4n) is 4.12. The van der Waals surface area contributed by atoms with Crippen molar-refractivity contribution in [2.75, 3.05) is 0 Å². The minimum atomic E-state index is -3.25. The third-order valence-electron chi connectivity index (χ3n) is 6.10. The molecule has 162 valence electrons. The van der Waals surface area contributed by atoms with E-state index in [0.717, 1.165) is 6.07 Å². The van der Waals surface area contributed by atoms with E-state index in [2.05, 4.69) is 0 Å². The summed E-state index contributed by atoms with van der Waals surface area (Å²) in [6, 6.07) is 9.71. The second-order valence-electron chi connectivity index (χ2n) is 8.17. The number of alkyl halides is 2. The van der Waals surface area contributed by atoms with Crippen molar-refractivity contribution < 1.29 is 26.3 Å². The summed E-state index contributed by atoms with van der Waals surface area (Å²) in [7, 11) is 0. The van der Waals surface area contributed by atoms with E-state index in [1.54, 1.807) is 6.92 Å². The molecule has 1 unspecified atom stereocenters. The van der Waals surface area contributed by atoms with Gasteiger partial charge in [0.1, 0.15) is 11.6 Å². The highest BCUT2D eigenvalue weighted by molar-refractivity contribution is 5.65. The molecule has 0 radical (unpaired) electrons. The van der Waals surface area contributed by atoms with E-state index in [1.807, 2.05) is 0 Å². The molecule has 0 spiro atoms. The molecule has 0 bridgehead atoms. The molecule has 1 aliphatic carbocycles. The van der Waals surface area contributed by atoms with Crippen molar-refractivity contribution in [2.24, 2.45) is 5.92 Å². The Morgan fingerprint density at radius 2 is 1.48 bits per heavy atom. The molecular weight excluding hydrogens is 414 g/mol. The molecule has 3 aromatic carbocycles. The second kappa shape index (κ2) is 7.74. The Morgan fingerprint density at radius 1 is 0.839 bits per heavy atom. The number of hydrogen-bond donors (Lipinski definition) is 0. The highest BCUT2D eigenvalue weighted by Gasteiger charge is 2.48. The minimum Gasteiger partial charge on any atom is -0.207 e. The molecule has 0 nitrogen and oxygen atoms in total. The van der Waals surface area contributed by atoms with Gasteiger partial charge in [0, 0.05) is 11.5 Å². The van der Waals surface area contributed by atoms with Gasteiger partial charge in [-0.2, -0.15) is 0 Å². The van der Waals surface area contributed by atoms with Crippen LogP contribution in [-0.2, 0) is 25.2 Å². The maximum absolute atomic E-state index is 14.8. The van der Waals surface area contributed by atoms with Gasteiger partial charge in [0.2, 0.25) is 0 Å². The molecule has 0 heterocycles. The molecule has 1 atom stereocenters. The largest absolute Gasteiger partial charge is 0.279 e. The fraction of sp³-hybridized carbons (Fsp3) is 0.280. The molecule has 0 amide bonds. The maximum Gasteiger partial charge on any atom is 0.279 e. The Bertz CT molecular complexity index is 1170. The van der Waals surface area contributed by atoms with Crippen LogP contribution in [0.2, 0.25) is 0 Å². The van der Waals surface area contributed by atoms with Crippen molar-refractivity contribution >= 4 is 0 Å². The van der Waals surface area contributed by atoms with Crippen molar-refractivity contribution in [3.05, 3.63) is 93.6 Å². The van der Waals surface area contributed by atoms with Crippen molar-refractivity contribution in [1.29, 1.82) is 0 Å². The molecule has 0 aliphatic heterocycles. The highest BCUT2D eigenvalue weighted by Crippen LogP contribution is 2.47. The monoisotopic (exact) mass is 434 g/mol. The molecule has 0 fully saturated rings. The molecule has 3 aromatic rings. The lowest BCUT2D eigenvalue weighted by atomic mass is 9.96. The average Bonchev–Trinajstić information content (AvgIpc) is 2.95. The van der Waals surface area contributed by atoms with Gasteiger partial charge in [-0.1, -0.05) is 43.3 Å². The van der Waals surface area contributed by atoms with Crippen LogP contribution in [0.15, 0.2) is 42.5 Å². The summed E-state index contributed by atoms with van der Waals surface area (Å²) in [6.45, 7) is 2.94. The van der Waals surface area contributed by atoms with Gasteiger partial charge in [-0.3, -0.25) is 0 Å². The summed E-state index contributed by atoms with van der Waals surface area (Å²) in [5.74, 6) is -7.98. The van der Waals surface area contributed by atoms with Gasteiger partial charge in [0.15, 0.2) is 11.6 Å². The third-order valence-corrected chi connectivity index (χ3v) is 6.10. The van der Waals surface area contributed by atoms with Crippen LogP contribution < -0.4 is 0 Å². The summed E-state index contributed by atoms with van der Waals surface area (Å²) >= 11 is 0. The lowest BCUT2D eigenvalue weighted by Gasteiger charge is -2.17. The van der Waals surface area contributed by atoms with Crippen molar-refractivity contribution in [2.45, 2.75) is 39.0 Å². The van der Waals surface area contributed by atoms with E-state index in [1.165, 1.54) is 43.3 Å². The van der Waals surface area contributed by atoms with Crippen molar-refractivity contribution in [1.82, 2.24) is 0 Å². The van der Waals surface area contributed by atoms with Crippen LogP contribution in [0, 0.1) is 36.1 Å². The van der Waals surface area contributed by atoms with Gasteiger partial charge in [-0.15, -0.1) is 0 Å². The predicted octanol–water partition coefficient (Wildman–Crippen LogP) is 7.29. The lowest BCUT2D eigenvalue weighted by Crippen LogP contribution is -2.19. The minimum absolute atomic E-state index is 0.00568. The molecule has 0 saturated carbocycles. The number of halogens is 6. The normalized spacial score (nSPS) is 17.1. The van der Waals surface area contributed by atoms with Crippen molar-refractivity contribution in [3.8, 4) is 11.1 Å². The number of hydrogen-bond acceptors (Lipinski definition) is 0. The van der Waals surface area contributed by atoms with Crippen LogP contribution in [0.4, 0.5) is 26.3 Å². The van der Waals surface area contributed by atoms with E-state index in [0.29, 0.717) is 5.56 Å². The Balaban J connectivity index is 1.60. The first kappa shape index (κ1) is 21.5. The Kier molecular flexibility index (Phi) is 5.36. The van der Waals surface area contributed by atoms with Crippen LogP contribution in [0.3, 0.4) is 0 Å². The molecular formula is C25H20F6. The van der Waals surface area contributed by atoms with E-state index in [9.17, 15) is 26.3 Å². The summed E-state index contributed by atoms with van der Waals surface area (Å²) in [6.07, 6.45) is -0.0268. The van der Waals surface area contributed by atoms with E-state index >= 15 is 0 Å². The summed E-state index contributed by atoms with van der Waals surface area (Å²) in [4.78, 5) is 0. The maximum atomic E-state index is 14.8. The zero-order valence-corrected chi connectivity index (χ0v) is 17.0. The molecule has 6 heteroatoms. The summed E-state index contributed by atoms with van der Waals surface area (Å²) in [5.41, 5.74) is 0.236. The molecule has 0 saturated heterocycles. The second-order valence-corrected chi connectivity index (χ2v) is 8.17. The SMILES string of the molecule is Cc1ccc(-c2ccc(CCc3ccc4c(c3F)C(F)(F)C(C)C4)c(F)c2F)cc1F. The summed E-state index contributed by atoms with van der Waals surface area (Å²) < 4.78 is 86.5. The molecule has 0 N–H and O–H groups in total. The van der Waals surface area contributed by atoms with Gasteiger partial charge in [-0.25, -0.2) is 26.3 Å². The number of benzene rings is 3. The van der Waals surface area contributed by atoms with Crippen LogP contribution >= 0.6 is 0 Å². The topological polar surface area (TPSA) is 0 Å². The van der Waals surface area contributed by atoms with E-state index in [4.69, 9.17) is 0 Å². The number of fused-ring (bicyclic) bond motifs is 1. The molecule has 4 rings (SSSR count). The quantitative estimate of drug-likeness (QED) is 0.378. The smallest absolute Gasteiger partial charge is 0.207 e. The van der Waals surface area contributed by atoms with Gasteiger partial charge in [0.05, 0.1) is 5.56 Å². The van der Waals surface area contributed by atoms with Gasteiger partial charge >= 0.3 is 0 Å². The van der Waals surface area contributed by atoms with E-state index < -0.39 is 40.7 Å². The molecule has 31 heavy (non-hydrogen) atoms. The van der Waals surface area contributed by atoms with Crippen molar-refractivity contribution in [3.63, 3.8) is 0 Å². The van der Waals surface area contributed by atoms with Gasteiger partial charge in [0.25, 0.3) is 5.92 Å². The Morgan fingerprint density at radius 3 is 2.16 bits per heavy atom. The molecule has 1 aliphatic rings. The van der Waals surface area contributed by atoms with Crippen LogP contribution in [0.5, 0.6) is 0 Å². The van der Waals surface area contributed by atoms with E-state index in [-0.39, 0.29) is 47.1 Å². The lowest BCUT2D eigenvalue weighted by molar-refractivity contribution is -0.0478. The van der Waals surface area contributed by atoms with Gasteiger partial charge < -0.3 is 0 Å². The fourth-order valence-corrected chi connectivity index (χ4v) is 4.12. The zero-order chi connectivity index (χ0) is 22.5. The molecule has 0 aromatic heterocycles. The van der Waals surface area contributed by atoms with Crippen LogP contribution in [0.1, 0.15) is 34.7 Å². The predicted molar refractivity (Wildman–Crippen MR) is 107 cm³/mol. The van der Waals surface area contributed by atoms with Crippen LogP contribution in [-0.4, -0.2) is 0 Å². The van der Waals surface area contributed by atoms with Crippen LogP contribution in [0.25, 0.3) is 11.1 Å². The summed E-state index contributed by atoms with van der Waals surface area (Å²) in [5, 5.41) is 0. The highest BCUT2D eigenvalue weighted by atomic mass is 19.3. The number of rotatable bonds is 4. The Hall–Kier alpha value is -2.76. The standard InChI is InChI=1S/C25H20F6/c1-13-3-4-17(12-20(13)26)19-10-9-16(23(28)24(19)29)6-5-15-7-8-18-11-14(2)25(30,31)21(18)22(15)27/h3-4,7-10,12,14H,5-6,11H2,1-2H3. The van der Waals surface area contributed by atoms with Gasteiger partial charge in [-0.05, 0) is 60.1 Å². The first-order chi connectivity index (χ1) is 14.6. The zero-order valence-electron chi connectivity index (χ0n) is 17.0. The Labute approximate surface area is 176 Å². The number of aryl methyl sites for hydroxylation is 3. The third kappa shape index (κ3) is 3.62.